The third-order valence-corrected chi connectivity index (χ3v) is 2.71. The zero-order valence-electron chi connectivity index (χ0n) is 8.43. The summed E-state index contributed by atoms with van der Waals surface area (Å²) in [5.74, 6) is -0.359. The van der Waals surface area contributed by atoms with E-state index in [4.69, 9.17) is 4.18 Å². The van der Waals surface area contributed by atoms with E-state index in [0.717, 1.165) is 6.26 Å². The Labute approximate surface area is 84.1 Å². The van der Waals surface area contributed by atoms with Gasteiger partial charge in [0.2, 0.25) is 0 Å². The second kappa shape index (κ2) is 3.82. The van der Waals surface area contributed by atoms with Crippen LogP contribution in [0.5, 0.6) is 0 Å². The summed E-state index contributed by atoms with van der Waals surface area (Å²) in [6.45, 7) is 3.74. The predicted octanol–water partition coefficient (Wildman–Crippen LogP) is 0.742. The quantitative estimate of drug-likeness (QED) is 0.656. The maximum Gasteiger partial charge on any atom is 0.264 e. The van der Waals surface area contributed by atoms with Crippen molar-refractivity contribution in [2.24, 2.45) is 11.8 Å². The Balaban J connectivity index is 2.80. The van der Waals surface area contributed by atoms with Crippen molar-refractivity contribution in [3.8, 4) is 0 Å². The van der Waals surface area contributed by atoms with Crippen molar-refractivity contribution < 1.29 is 17.4 Å². The molecule has 0 aromatic heterocycles. The van der Waals surface area contributed by atoms with Gasteiger partial charge in [-0.3, -0.25) is 8.98 Å². The summed E-state index contributed by atoms with van der Waals surface area (Å²) in [5, 5.41) is 0. The molecule has 0 unspecified atom stereocenters. The van der Waals surface area contributed by atoms with Gasteiger partial charge in [0.15, 0.2) is 5.78 Å². The van der Waals surface area contributed by atoms with Crippen LogP contribution >= 0.6 is 0 Å². The Bertz CT molecular complexity index is 353. The van der Waals surface area contributed by atoms with Crippen molar-refractivity contribution >= 4 is 15.9 Å². The highest BCUT2D eigenvalue weighted by atomic mass is 32.2. The Hall–Kier alpha value is -0.680. The maximum atomic E-state index is 11.4. The van der Waals surface area contributed by atoms with Crippen LogP contribution in [0.1, 0.15) is 13.8 Å². The molecule has 0 radical (unpaired) electrons. The van der Waals surface area contributed by atoms with Crippen molar-refractivity contribution in [2.75, 3.05) is 6.26 Å². The van der Waals surface area contributed by atoms with Crippen LogP contribution in [0.25, 0.3) is 0 Å². The largest absolute Gasteiger partial charge is 0.294 e. The van der Waals surface area contributed by atoms with E-state index in [-0.39, 0.29) is 17.6 Å². The SMILES string of the molecule is CC(C)[C@H]1C(=O)C=C[C@@H]1OS(C)(=O)=O. The van der Waals surface area contributed by atoms with Crippen LogP contribution < -0.4 is 0 Å². The third-order valence-electron chi connectivity index (χ3n) is 2.14. The smallest absolute Gasteiger partial charge is 0.264 e. The maximum absolute atomic E-state index is 11.4. The van der Waals surface area contributed by atoms with Crippen molar-refractivity contribution in [2.45, 2.75) is 20.0 Å². The van der Waals surface area contributed by atoms with Gasteiger partial charge in [-0.1, -0.05) is 19.9 Å². The van der Waals surface area contributed by atoms with Crippen LogP contribution in [0.4, 0.5) is 0 Å². The first-order valence-electron chi connectivity index (χ1n) is 4.41. The Morgan fingerprint density at radius 1 is 1.43 bits per heavy atom. The fraction of sp³-hybridized carbons (Fsp3) is 0.667. The first-order chi connectivity index (χ1) is 6.31. The van der Waals surface area contributed by atoms with E-state index in [9.17, 15) is 13.2 Å². The van der Waals surface area contributed by atoms with Gasteiger partial charge in [-0.25, -0.2) is 0 Å². The molecular formula is C9H14O4S. The molecular weight excluding hydrogens is 204 g/mol. The lowest BCUT2D eigenvalue weighted by Gasteiger charge is -2.20. The van der Waals surface area contributed by atoms with Crippen molar-refractivity contribution in [1.29, 1.82) is 0 Å². The molecule has 0 spiro atoms. The molecule has 0 aliphatic heterocycles. The van der Waals surface area contributed by atoms with Crippen LogP contribution in [0, 0.1) is 11.8 Å². The number of hydrogen-bond donors (Lipinski definition) is 0. The predicted molar refractivity (Wildman–Crippen MR) is 52.2 cm³/mol. The van der Waals surface area contributed by atoms with Gasteiger partial charge in [-0.05, 0) is 12.0 Å². The van der Waals surface area contributed by atoms with Crippen molar-refractivity contribution in [1.82, 2.24) is 0 Å². The molecule has 4 nitrogen and oxygen atoms in total. The minimum absolute atomic E-state index is 0.0614. The lowest BCUT2D eigenvalue weighted by atomic mass is 9.91. The van der Waals surface area contributed by atoms with E-state index in [2.05, 4.69) is 0 Å². The zero-order valence-corrected chi connectivity index (χ0v) is 9.24. The van der Waals surface area contributed by atoms with Gasteiger partial charge in [0.05, 0.1) is 12.2 Å². The Morgan fingerprint density at radius 2 is 2.00 bits per heavy atom. The van der Waals surface area contributed by atoms with E-state index < -0.39 is 16.2 Å². The normalized spacial score (nSPS) is 27.6. The standard InChI is InChI=1S/C9H14O4S/c1-6(2)9-7(10)4-5-8(9)13-14(3,11)12/h4-6,8-9H,1-3H3/t8-,9-/m0/s1. The van der Waals surface area contributed by atoms with Gasteiger partial charge in [0, 0.05) is 0 Å². The fourth-order valence-corrected chi connectivity index (χ4v) is 2.17. The summed E-state index contributed by atoms with van der Waals surface area (Å²) in [7, 11) is -3.50. The lowest BCUT2D eigenvalue weighted by molar-refractivity contribution is -0.120. The monoisotopic (exact) mass is 218 g/mol. The highest BCUT2D eigenvalue weighted by Gasteiger charge is 2.35. The molecule has 14 heavy (non-hydrogen) atoms. The molecule has 0 aromatic carbocycles. The van der Waals surface area contributed by atoms with Crippen LogP contribution in [-0.4, -0.2) is 26.6 Å². The molecule has 80 valence electrons. The Kier molecular flexibility index (Phi) is 3.11. The van der Waals surface area contributed by atoms with Gasteiger partial charge in [-0.2, -0.15) is 8.42 Å². The topological polar surface area (TPSA) is 60.4 Å². The van der Waals surface area contributed by atoms with E-state index >= 15 is 0 Å². The van der Waals surface area contributed by atoms with Crippen LogP contribution in [0.3, 0.4) is 0 Å². The minimum Gasteiger partial charge on any atom is -0.294 e. The second-order valence-electron chi connectivity index (χ2n) is 3.80. The van der Waals surface area contributed by atoms with Gasteiger partial charge in [0.25, 0.3) is 10.1 Å². The van der Waals surface area contributed by atoms with Gasteiger partial charge in [-0.15, -0.1) is 0 Å². The summed E-state index contributed by atoms with van der Waals surface area (Å²) in [6.07, 6.45) is 3.26. The van der Waals surface area contributed by atoms with Crippen LogP contribution in [0.2, 0.25) is 0 Å². The molecule has 0 saturated carbocycles. The molecule has 0 saturated heterocycles. The van der Waals surface area contributed by atoms with Crippen molar-refractivity contribution in [3.05, 3.63) is 12.2 Å². The molecule has 0 bridgehead atoms. The molecule has 1 aliphatic rings. The van der Waals surface area contributed by atoms with Crippen LogP contribution in [-0.2, 0) is 19.1 Å². The number of carbonyl (C=O) groups excluding carboxylic acids is 1. The highest BCUT2D eigenvalue weighted by Crippen LogP contribution is 2.26. The summed E-state index contributed by atoms with van der Waals surface area (Å²) in [5.41, 5.74) is 0. The molecule has 5 heteroatoms. The first-order valence-corrected chi connectivity index (χ1v) is 6.23. The molecule has 0 fully saturated rings. The zero-order chi connectivity index (χ0) is 10.9. The van der Waals surface area contributed by atoms with Gasteiger partial charge >= 0.3 is 0 Å². The average Bonchev–Trinajstić information content (AvgIpc) is 2.27. The highest BCUT2D eigenvalue weighted by molar-refractivity contribution is 7.86. The van der Waals surface area contributed by atoms with Gasteiger partial charge in [0.1, 0.15) is 6.10 Å². The molecule has 2 atom stereocenters. The summed E-state index contributed by atoms with van der Waals surface area (Å²) < 4.78 is 26.6. The molecule has 1 rings (SSSR count). The molecule has 0 amide bonds. The second-order valence-corrected chi connectivity index (χ2v) is 5.40. The summed E-state index contributed by atoms with van der Waals surface area (Å²) >= 11 is 0. The number of ketones is 1. The molecule has 1 aliphatic carbocycles. The first kappa shape index (κ1) is 11.4. The Morgan fingerprint density at radius 3 is 2.43 bits per heavy atom. The molecule has 0 heterocycles. The van der Waals surface area contributed by atoms with E-state index in [1.54, 1.807) is 0 Å². The van der Waals surface area contributed by atoms with E-state index in [0.29, 0.717) is 0 Å². The average molecular weight is 218 g/mol. The van der Waals surface area contributed by atoms with Crippen molar-refractivity contribution in [3.63, 3.8) is 0 Å². The van der Waals surface area contributed by atoms with Gasteiger partial charge < -0.3 is 0 Å². The molecule has 0 N–H and O–H groups in total. The summed E-state index contributed by atoms with van der Waals surface area (Å²) in [4.78, 5) is 11.4. The number of hydrogen-bond acceptors (Lipinski definition) is 4. The van der Waals surface area contributed by atoms with E-state index in [1.807, 2.05) is 13.8 Å². The van der Waals surface area contributed by atoms with Crippen LogP contribution in [0.15, 0.2) is 12.2 Å². The number of allylic oxidation sites excluding steroid dienone is 1. The van der Waals surface area contributed by atoms with E-state index in [1.165, 1.54) is 12.2 Å². The number of carbonyl (C=O) groups is 1. The number of rotatable bonds is 3. The summed E-state index contributed by atoms with van der Waals surface area (Å²) in [6, 6.07) is 0. The molecule has 0 aromatic rings. The lowest BCUT2D eigenvalue weighted by Crippen LogP contribution is -2.29. The minimum atomic E-state index is -3.50. The fourth-order valence-electron chi connectivity index (χ4n) is 1.58. The third kappa shape index (κ3) is 2.65.